The Labute approximate surface area is 81.7 Å². The van der Waals surface area contributed by atoms with E-state index in [1.54, 1.807) is 6.92 Å². The third-order valence-electron chi connectivity index (χ3n) is 4.21. The molecule has 76 valence electrons. The number of hydrogen-bond donors (Lipinski definition) is 2. The number of hydrogen-bond acceptors (Lipinski definition) is 3. The van der Waals surface area contributed by atoms with Crippen molar-refractivity contribution >= 4 is 11.8 Å². The van der Waals surface area contributed by atoms with E-state index in [0.29, 0.717) is 6.42 Å². The predicted octanol–water partition coefficient (Wildman–Crippen LogP) is -0.334. The van der Waals surface area contributed by atoms with Crippen molar-refractivity contribution in [3.8, 4) is 0 Å². The molecule has 0 aromatic heterocycles. The van der Waals surface area contributed by atoms with Gasteiger partial charge in [0.1, 0.15) is 0 Å². The van der Waals surface area contributed by atoms with Gasteiger partial charge in [-0.2, -0.15) is 0 Å². The van der Waals surface area contributed by atoms with Crippen LogP contribution in [0.15, 0.2) is 0 Å². The first-order chi connectivity index (χ1) is 6.50. The standard InChI is InChI=1S/C10H13NO3/c1-10(14)3-4-2-5(10)7-6(4)8(12)11-9(7)13/h4-7,14H,2-3H2,1H3,(H,11,12,13)/t4-,5-,6-,7+,10-/m0/s1. The number of aliphatic hydroxyl groups is 1. The second-order valence-electron chi connectivity index (χ2n) is 5.07. The van der Waals surface area contributed by atoms with Crippen LogP contribution in [0.4, 0.5) is 0 Å². The molecule has 5 atom stereocenters. The summed E-state index contributed by atoms with van der Waals surface area (Å²) in [5, 5.41) is 12.4. The van der Waals surface area contributed by atoms with E-state index >= 15 is 0 Å². The molecule has 0 spiro atoms. The Morgan fingerprint density at radius 2 is 2.00 bits per heavy atom. The van der Waals surface area contributed by atoms with Crippen molar-refractivity contribution in [2.75, 3.05) is 0 Å². The molecule has 4 nitrogen and oxygen atoms in total. The Kier molecular flexibility index (Phi) is 1.31. The highest BCUT2D eigenvalue weighted by Gasteiger charge is 2.64. The molecule has 14 heavy (non-hydrogen) atoms. The summed E-state index contributed by atoms with van der Waals surface area (Å²) in [6.45, 7) is 1.78. The van der Waals surface area contributed by atoms with Gasteiger partial charge < -0.3 is 5.11 Å². The zero-order valence-corrected chi connectivity index (χ0v) is 7.99. The van der Waals surface area contributed by atoms with Crippen LogP contribution in [0.25, 0.3) is 0 Å². The minimum absolute atomic E-state index is 0.0102. The van der Waals surface area contributed by atoms with Crippen LogP contribution in [0.5, 0.6) is 0 Å². The molecule has 3 fully saturated rings. The topological polar surface area (TPSA) is 66.4 Å². The van der Waals surface area contributed by atoms with Crippen molar-refractivity contribution in [3.63, 3.8) is 0 Å². The monoisotopic (exact) mass is 195 g/mol. The Morgan fingerprint density at radius 1 is 1.36 bits per heavy atom. The minimum atomic E-state index is -0.742. The molecule has 2 saturated carbocycles. The molecule has 3 rings (SSSR count). The van der Waals surface area contributed by atoms with Crippen LogP contribution in [0.3, 0.4) is 0 Å². The van der Waals surface area contributed by atoms with Gasteiger partial charge in [0.25, 0.3) is 0 Å². The van der Waals surface area contributed by atoms with Crippen molar-refractivity contribution < 1.29 is 14.7 Å². The first-order valence-corrected chi connectivity index (χ1v) is 5.08. The molecule has 4 heteroatoms. The molecular weight excluding hydrogens is 182 g/mol. The first-order valence-electron chi connectivity index (χ1n) is 5.08. The first kappa shape index (κ1) is 8.41. The van der Waals surface area contributed by atoms with Crippen LogP contribution in [0.2, 0.25) is 0 Å². The molecule has 0 aromatic carbocycles. The van der Waals surface area contributed by atoms with Crippen molar-refractivity contribution in [3.05, 3.63) is 0 Å². The molecular formula is C10H13NO3. The Balaban J connectivity index is 2.02. The van der Waals surface area contributed by atoms with Gasteiger partial charge in [0.2, 0.25) is 11.8 Å². The second kappa shape index (κ2) is 2.19. The smallest absolute Gasteiger partial charge is 0.230 e. The summed E-state index contributed by atoms with van der Waals surface area (Å²) >= 11 is 0. The number of nitrogens with one attached hydrogen (secondary N) is 1. The summed E-state index contributed by atoms with van der Waals surface area (Å²) in [6.07, 6.45) is 1.50. The van der Waals surface area contributed by atoms with Crippen LogP contribution >= 0.6 is 0 Å². The molecule has 0 radical (unpaired) electrons. The Bertz CT molecular complexity index is 336. The van der Waals surface area contributed by atoms with E-state index in [1.165, 1.54) is 0 Å². The number of rotatable bonds is 0. The number of carbonyl (C=O) groups is 2. The lowest BCUT2D eigenvalue weighted by Crippen LogP contribution is -2.41. The average Bonchev–Trinajstić information content (AvgIpc) is 2.62. The van der Waals surface area contributed by atoms with Crippen LogP contribution in [-0.2, 0) is 9.59 Å². The van der Waals surface area contributed by atoms with Gasteiger partial charge >= 0.3 is 0 Å². The largest absolute Gasteiger partial charge is 0.390 e. The number of amides is 2. The highest BCUT2D eigenvalue weighted by atomic mass is 16.3. The molecule has 1 aliphatic heterocycles. The molecule has 1 saturated heterocycles. The Hall–Kier alpha value is -0.900. The van der Waals surface area contributed by atoms with E-state index in [1.807, 2.05) is 0 Å². The Morgan fingerprint density at radius 3 is 2.71 bits per heavy atom. The maximum Gasteiger partial charge on any atom is 0.230 e. The normalized spacial score (nSPS) is 55.0. The summed E-state index contributed by atoms with van der Waals surface area (Å²) in [6, 6.07) is 0. The van der Waals surface area contributed by atoms with Gasteiger partial charge in [-0.1, -0.05) is 0 Å². The van der Waals surface area contributed by atoms with Crippen molar-refractivity contribution in [1.29, 1.82) is 0 Å². The third-order valence-corrected chi connectivity index (χ3v) is 4.21. The summed E-state index contributed by atoms with van der Waals surface area (Å²) in [5.74, 6) is -0.491. The van der Waals surface area contributed by atoms with Crippen LogP contribution in [0.1, 0.15) is 19.8 Å². The zero-order chi connectivity index (χ0) is 10.1. The summed E-state index contributed by atoms with van der Waals surface area (Å²) in [7, 11) is 0. The van der Waals surface area contributed by atoms with Gasteiger partial charge in [-0.3, -0.25) is 14.9 Å². The zero-order valence-electron chi connectivity index (χ0n) is 7.99. The third kappa shape index (κ3) is 0.780. The number of imide groups is 1. The van der Waals surface area contributed by atoms with E-state index in [9.17, 15) is 14.7 Å². The fraction of sp³-hybridized carbons (Fsp3) is 0.800. The highest BCUT2D eigenvalue weighted by molar-refractivity contribution is 6.06. The summed E-state index contributed by atoms with van der Waals surface area (Å²) in [5.41, 5.74) is -0.742. The van der Waals surface area contributed by atoms with Gasteiger partial charge in [-0.15, -0.1) is 0 Å². The fourth-order valence-electron chi connectivity index (χ4n) is 3.71. The predicted molar refractivity (Wildman–Crippen MR) is 47.0 cm³/mol. The average molecular weight is 195 g/mol. The van der Waals surface area contributed by atoms with Crippen molar-refractivity contribution in [1.82, 2.24) is 5.32 Å². The lowest BCUT2D eigenvalue weighted by atomic mass is 9.73. The van der Waals surface area contributed by atoms with Gasteiger partial charge in [0, 0.05) is 5.92 Å². The maximum atomic E-state index is 11.5. The van der Waals surface area contributed by atoms with Gasteiger partial charge in [0.05, 0.1) is 17.4 Å². The van der Waals surface area contributed by atoms with Gasteiger partial charge in [-0.05, 0) is 25.7 Å². The van der Waals surface area contributed by atoms with Crippen molar-refractivity contribution in [2.24, 2.45) is 23.7 Å². The fourth-order valence-corrected chi connectivity index (χ4v) is 3.71. The lowest BCUT2D eigenvalue weighted by molar-refractivity contribution is -0.128. The SMILES string of the molecule is C[C@]1(O)C[C@@H]2C[C@H]1[C@H]1C(=O)NC(=O)[C@@H]21. The highest BCUT2D eigenvalue weighted by Crippen LogP contribution is 2.58. The van der Waals surface area contributed by atoms with E-state index in [-0.39, 0.29) is 35.5 Å². The van der Waals surface area contributed by atoms with E-state index in [4.69, 9.17) is 0 Å². The number of fused-ring (bicyclic) bond motifs is 5. The van der Waals surface area contributed by atoms with E-state index < -0.39 is 5.60 Å². The molecule has 3 aliphatic rings. The summed E-state index contributed by atoms with van der Waals surface area (Å²) in [4.78, 5) is 23.0. The molecule has 0 aromatic rings. The van der Waals surface area contributed by atoms with E-state index in [2.05, 4.69) is 5.32 Å². The van der Waals surface area contributed by atoms with Crippen LogP contribution < -0.4 is 5.32 Å². The molecule has 2 aliphatic carbocycles. The van der Waals surface area contributed by atoms with Gasteiger partial charge in [0.15, 0.2) is 0 Å². The van der Waals surface area contributed by atoms with Crippen LogP contribution in [0, 0.1) is 23.7 Å². The molecule has 2 bridgehead atoms. The molecule has 2 amide bonds. The maximum absolute atomic E-state index is 11.5. The second-order valence-corrected chi connectivity index (χ2v) is 5.07. The number of carbonyl (C=O) groups excluding carboxylic acids is 2. The van der Waals surface area contributed by atoms with Crippen LogP contribution in [-0.4, -0.2) is 22.5 Å². The van der Waals surface area contributed by atoms with E-state index in [0.717, 1.165) is 6.42 Å². The lowest BCUT2D eigenvalue weighted by Gasteiger charge is -2.33. The molecule has 1 heterocycles. The van der Waals surface area contributed by atoms with Crippen molar-refractivity contribution in [2.45, 2.75) is 25.4 Å². The van der Waals surface area contributed by atoms with Gasteiger partial charge in [-0.25, -0.2) is 0 Å². The quantitative estimate of drug-likeness (QED) is 0.520. The minimum Gasteiger partial charge on any atom is -0.390 e. The summed E-state index contributed by atoms with van der Waals surface area (Å²) < 4.78 is 0. The molecule has 2 N–H and O–H groups in total. The molecule has 0 unspecified atom stereocenters.